The lowest BCUT2D eigenvalue weighted by molar-refractivity contribution is -0.123. The number of methoxy groups -OCH3 is 1. The van der Waals surface area contributed by atoms with Gasteiger partial charge in [-0.05, 0) is 36.5 Å². The van der Waals surface area contributed by atoms with Gasteiger partial charge in [-0.15, -0.1) is 0 Å². The minimum atomic E-state index is -0.671. The van der Waals surface area contributed by atoms with Gasteiger partial charge in [0.05, 0.1) is 13.2 Å². The van der Waals surface area contributed by atoms with E-state index in [9.17, 15) is 10.1 Å². The second-order valence-electron chi connectivity index (χ2n) is 4.87. The van der Waals surface area contributed by atoms with Gasteiger partial charge in [0, 0.05) is 5.92 Å². The predicted octanol–water partition coefficient (Wildman–Crippen LogP) is 2.92. The molecule has 0 amide bonds. The average molecular weight is 243 g/mol. The van der Waals surface area contributed by atoms with E-state index in [0.29, 0.717) is 11.7 Å². The summed E-state index contributed by atoms with van der Waals surface area (Å²) in [6.45, 7) is 1.94. The zero-order chi connectivity index (χ0) is 13.1. The Morgan fingerprint density at radius 3 is 2.78 bits per heavy atom. The topological polar surface area (TPSA) is 50.1 Å². The zero-order valence-electron chi connectivity index (χ0n) is 10.7. The number of carbonyl (C=O) groups excluding carboxylic acids is 1. The number of nitriles is 1. The van der Waals surface area contributed by atoms with E-state index in [1.807, 2.05) is 25.1 Å². The summed E-state index contributed by atoms with van der Waals surface area (Å²) in [6, 6.07) is 9.34. The largest absolute Gasteiger partial charge is 0.497 e. The van der Waals surface area contributed by atoms with Crippen LogP contribution >= 0.6 is 0 Å². The van der Waals surface area contributed by atoms with Crippen molar-refractivity contribution in [2.75, 3.05) is 7.11 Å². The minimum Gasteiger partial charge on any atom is -0.497 e. The van der Waals surface area contributed by atoms with Gasteiger partial charge in [-0.1, -0.05) is 19.1 Å². The summed E-state index contributed by atoms with van der Waals surface area (Å²) in [5, 5.41) is 9.25. The van der Waals surface area contributed by atoms with Crippen molar-refractivity contribution in [1.82, 2.24) is 0 Å². The van der Waals surface area contributed by atoms with E-state index in [0.717, 1.165) is 18.4 Å². The van der Waals surface area contributed by atoms with Crippen LogP contribution in [0.1, 0.15) is 31.2 Å². The molecule has 0 radical (unpaired) electrons. The third kappa shape index (κ3) is 2.53. The van der Waals surface area contributed by atoms with Crippen LogP contribution in [0.15, 0.2) is 24.3 Å². The van der Waals surface area contributed by atoms with E-state index in [1.54, 1.807) is 13.2 Å². The normalized spacial score (nSPS) is 17.6. The van der Waals surface area contributed by atoms with E-state index >= 15 is 0 Å². The Morgan fingerprint density at radius 2 is 2.22 bits per heavy atom. The first kappa shape index (κ1) is 12.6. The maximum absolute atomic E-state index is 12.3. The van der Waals surface area contributed by atoms with E-state index < -0.39 is 5.92 Å². The molecule has 3 nitrogen and oxygen atoms in total. The van der Waals surface area contributed by atoms with Crippen molar-refractivity contribution in [1.29, 1.82) is 5.26 Å². The molecule has 1 aliphatic rings. The fourth-order valence-corrected chi connectivity index (χ4v) is 2.21. The number of nitrogens with zero attached hydrogens (tertiary/aromatic N) is 1. The first-order valence-electron chi connectivity index (χ1n) is 6.24. The summed E-state index contributed by atoms with van der Waals surface area (Å²) in [4.78, 5) is 12.3. The Kier molecular flexibility index (Phi) is 3.66. The van der Waals surface area contributed by atoms with Crippen LogP contribution in [0.4, 0.5) is 0 Å². The number of carbonyl (C=O) groups is 1. The number of benzene rings is 1. The highest BCUT2D eigenvalue weighted by Crippen LogP contribution is 2.39. The van der Waals surface area contributed by atoms with Gasteiger partial charge in [0.25, 0.3) is 0 Å². The van der Waals surface area contributed by atoms with Crippen molar-refractivity contribution in [3.63, 3.8) is 0 Å². The van der Waals surface area contributed by atoms with Crippen molar-refractivity contribution in [2.45, 2.75) is 25.7 Å². The molecule has 1 aromatic carbocycles. The van der Waals surface area contributed by atoms with Gasteiger partial charge in [-0.3, -0.25) is 4.79 Å². The first-order valence-corrected chi connectivity index (χ1v) is 6.24. The van der Waals surface area contributed by atoms with Crippen molar-refractivity contribution in [2.24, 2.45) is 11.8 Å². The highest BCUT2D eigenvalue weighted by atomic mass is 16.5. The Balaban J connectivity index is 2.21. The third-order valence-corrected chi connectivity index (χ3v) is 3.62. The molecule has 2 unspecified atom stereocenters. The maximum Gasteiger partial charge on any atom is 0.157 e. The average Bonchev–Trinajstić information content (AvgIpc) is 3.23. The van der Waals surface area contributed by atoms with Gasteiger partial charge in [-0.25, -0.2) is 0 Å². The summed E-state index contributed by atoms with van der Waals surface area (Å²) in [6.07, 6.45) is 2.23. The van der Waals surface area contributed by atoms with Crippen LogP contribution in [-0.2, 0) is 4.79 Å². The van der Waals surface area contributed by atoms with Gasteiger partial charge in [0.2, 0.25) is 0 Å². The minimum absolute atomic E-state index is 0.0131. The molecule has 2 rings (SSSR count). The molecule has 1 fully saturated rings. The van der Waals surface area contributed by atoms with Gasteiger partial charge in [0.15, 0.2) is 5.78 Å². The SMILES string of the molecule is COc1cccc(C(C#N)C(=O)C(C)C2CC2)c1. The van der Waals surface area contributed by atoms with Crippen LogP contribution in [0.3, 0.4) is 0 Å². The smallest absolute Gasteiger partial charge is 0.157 e. The number of ketones is 1. The summed E-state index contributed by atoms with van der Waals surface area (Å²) < 4.78 is 5.13. The molecule has 0 N–H and O–H groups in total. The van der Waals surface area contributed by atoms with Crippen LogP contribution in [0.5, 0.6) is 5.75 Å². The second kappa shape index (κ2) is 5.22. The van der Waals surface area contributed by atoms with Crippen molar-refractivity contribution in [3.05, 3.63) is 29.8 Å². The molecule has 1 aromatic rings. The van der Waals surface area contributed by atoms with Gasteiger partial charge < -0.3 is 4.74 Å². The predicted molar refractivity (Wildman–Crippen MR) is 68.2 cm³/mol. The van der Waals surface area contributed by atoms with Gasteiger partial charge >= 0.3 is 0 Å². The molecule has 18 heavy (non-hydrogen) atoms. The molecular formula is C15H17NO2. The number of hydrogen-bond donors (Lipinski definition) is 0. The standard InChI is InChI=1S/C15H17NO2/c1-10(11-6-7-11)15(17)14(9-16)12-4-3-5-13(8-12)18-2/h3-5,8,10-11,14H,6-7H2,1-2H3. The molecule has 0 spiro atoms. The quantitative estimate of drug-likeness (QED) is 0.799. The Bertz CT molecular complexity index is 486. The maximum atomic E-state index is 12.3. The van der Waals surface area contributed by atoms with Crippen LogP contribution in [0.25, 0.3) is 0 Å². The van der Waals surface area contributed by atoms with E-state index in [1.165, 1.54) is 0 Å². The molecule has 0 bridgehead atoms. The Labute approximate surface area is 107 Å². The molecule has 0 saturated heterocycles. The molecule has 2 atom stereocenters. The molecule has 3 heteroatoms. The van der Waals surface area contributed by atoms with Gasteiger partial charge in [0.1, 0.15) is 11.7 Å². The zero-order valence-corrected chi connectivity index (χ0v) is 10.7. The molecule has 0 aliphatic heterocycles. The van der Waals surface area contributed by atoms with Crippen LogP contribution < -0.4 is 4.74 Å². The summed E-state index contributed by atoms with van der Waals surface area (Å²) in [5.41, 5.74) is 0.731. The van der Waals surface area contributed by atoms with Crippen molar-refractivity contribution in [3.8, 4) is 11.8 Å². The van der Waals surface area contributed by atoms with E-state index in [-0.39, 0.29) is 11.7 Å². The second-order valence-corrected chi connectivity index (χ2v) is 4.87. The van der Waals surface area contributed by atoms with Gasteiger partial charge in [-0.2, -0.15) is 5.26 Å². The fraction of sp³-hybridized carbons (Fsp3) is 0.467. The third-order valence-electron chi connectivity index (χ3n) is 3.62. The summed E-state index contributed by atoms with van der Waals surface area (Å²) in [5.74, 6) is 0.517. The van der Waals surface area contributed by atoms with Crippen LogP contribution in [-0.4, -0.2) is 12.9 Å². The van der Waals surface area contributed by atoms with Crippen molar-refractivity contribution >= 4 is 5.78 Å². The first-order chi connectivity index (χ1) is 8.67. The van der Waals surface area contributed by atoms with E-state index in [2.05, 4.69) is 6.07 Å². The highest BCUT2D eigenvalue weighted by molar-refractivity contribution is 5.90. The summed E-state index contributed by atoms with van der Waals surface area (Å²) in [7, 11) is 1.58. The van der Waals surface area contributed by atoms with Crippen LogP contribution in [0.2, 0.25) is 0 Å². The molecule has 0 aromatic heterocycles. The lowest BCUT2D eigenvalue weighted by Gasteiger charge is -2.14. The van der Waals surface area contributed by atoms with Crippen LogP contribution in [0, 0.1) is 23.2 Å². The summed E-state index contributed by atoms with van der Waals surface area (Å²) >= 11 is 0. The molecule has 1 saturated carbocycles. The highest BCUT2D eigenvalue weighted by Gasteiger charge is 2.36. The Morgan fingerprint density at radius 1 is 1.50 bits per heavy atom. The lowest BCUT2D eigenvalue weighted by atomic mass is 9.87. The Hall–Kier alpha value is -1.82. The number of ether oxygens (including phenoxy) is 1. The monoisotopic (exact) mass is 243 g/mol. The molecule has 94 valence electrons. The fourth-order valence-electron chi connectivity index (χ4n) is 2.21. The number of hydrogen-bond acceptors (Lipinski definition) is 3. The van der Waals surface area contributed by atoms with Crippen molar-refractivity contribution < 1.29 is 9.53 Å². The number of Topliss-reactive ketones (excluding diaryl/α,β-unsaturated/α-hetero) is 1. The van der Waals surface area contributed by atoms with E-state index in [4.69, 9.17) is 4.74 Å². The molecule has 0 heterocycles. The number of rotatable bonds is 5. The molecule has 1 aliphatic carbocycles. The molecular weight excluding hydrogens is 226 g/mol. The lowest BCUT2D eigenvalue weighted by Crippen LogP contribution is -2.20.